The van der Waals surface area contributed by atoms with Crippen molar-refractivity contribution in [1.82, 2.24) is 10.2 Å². The van der Waals surface area contributed by atoms with Crippen molar-refractivity contribution in [3.8, 4) is 11.5 Å². The van der Waals surface area contributed by atoms with Crippen molar-refractivity contribution in [2.75, 3.05) is 35.7 Å². The zero-order valence-electron chi connectivity index (χ0n) is 18.6. The number of carbonyl (C=O) groups excluding carboxylic acids is 1. The number of hydrogen-bond acceptors (Lipinski definition) is 8. The molecule has 1 aromatic heterocycles. The fourth-order valence-electron chi connectivity index (χ4n) is 3.18. The zero-order chi connectivity index (χ0) is 23.0. The van der Waals surface area contributed by atoms with Gasteiger partial charge in [0.05, 0.1) is 5.75 Å². The minimum atomic E-state index is -0.0250. The number of amides is 1. The quantitative estimate of drug-likeness (QED) is 0.432. The lowest BCUT2D eigenvalue weighted by molar-refractivity contribution is -0.116. The number of aromatic nitrogens is 2. The molecule has 9 heteroatoms. The van der Waals surface area contributed by atoms with Crippen LogP contribution in [0.25, 0.3) is 6.08 Å². The van der Waals surface area contributed by atoms with Crippen LogP contribution >= 0.6 is 23.1 Å². The molecule has 0 atom stereocenters. The van der Waals surface area contributed by atoms with Crippen LogP contribution in [-0.2, 0) is 4.79 Å². The van der Waals surface area contributed by atoms with Crippen molar-refractivity contribution in [3.05, 3.63) is 60.2 Å². The van der Waals surface area contributed by atoms with Gasteiger partial charge in [-0.15, -0.1) is 10.2 Å². The van der Waals surface area contributed by atoms with Gasteiger partial charge in [-0.1, -0.05) is 65.6 Å². The lowest BCUT2D eigenvalue weighted by Gasteiger charge is -2.24. The van der Waals surface area contributed by atoms with E-state index in [2.05, 4.69) is 15.5 Å². The zero-order valence-corrected chi connectivity index (χ0v) is 20.2. The molecule has 33 heavy (non-hydrogen) atoms. The molecule has 0 radical (unpaired) electrons. The van der Waals surface area contributed by atoms with E-state index >= 15 is 0 Å². The summed E-state index contributed by atoms with van der Waals surface area (Å²) >= 11 is 2.84. The van der Waals surface area contributed by atoms with Gasteiger partial charge in [0.1, 0.15) is 13.2 Å². The molecule has 1 aliphatic rings. The smallest absolute Gasteiger partial charge is 0.237 e. The Kier molecular flexibility index (Phi) is 7.85. The van der Waals surface area contributed by atoms with Gasteiger partial charge in [-0.05, 0) is 31.5 Å². The predicted octanol–water partition coefficient (Wildman–Crippen LogP) is 4.97. The molecule has 0 unspecified atom stereocenters. The van der Waals surface area contributed by atoms with E-state index in [1.165, 1.54) is 23.1 Å². The number of carbonyl (C=O) groups is 1. The molecule has 2 heterocycles. The van der Waals surface area contributed by atoms with Crippen molar-refractivity contribution < 1.29 is 14.3 Å². The number of hydrogen-bond donors (Lipinski definition) is 1. The van der Waals surface area contributed by atoms with E-state index in [1.54, 1.807) is 4.90 Å². The van der Waals surface area contributed by atoms with Crippen LogP contribution in [0.15, 0.2) is 58.9 Å². The SMILES string of the molecule is CC(C)Nc1nnc(SCC(=O)N(C/C=C/c2ccccc2)c2ccc3c(c2)OCCO3)s1. The molecule has 1 aliphatic heterocycles. The van der Waals surface area contributed by atoms with E-state index < -0.39 is 0 Å². The number of ether oxygens (including phenoxy) is 2. The Morgan fingerprint density at radius 2 is 1.94 bits per heavy atom. The van der Waals surface area contributed by atoms with Crippen molar-refractivity contribution in [3.63, 3.8) is 0 Å². The van der Waals surface area contributed by atoms with Gasteiger partial charge < -0.3 is 19.7 Å². The Balaban J connectivity index is 1.48. The molecular formula is C24H26N4O3S2. The second-order valence-electron chi connectivity index (χ2n) is 7.61. The first-order valence-electron chi connectivity index (χ1n) is 10.7. The largest absolute Gasteiger partial charge is 0.486 e. The van der Waals surface area contributed by atoms with Gasteiger partial charge in [0.15, 0.2) is 15.8 Å². The van der Waals surface area contributed by atoms with Crippen LogP contribution in [-0.4, -0.2) is 47.7 Å². The van der Waals surface area contributed by atoms with Gasteiger partial charge >= 0.3 is 0 Å². The molecule has 0 bridgehead atoms. The van der Waals surface area contributed by atoms with Crippen LogP contribution in [0.4, 0.5) is 10.8 Å². The average Bonchev–Trinajstić information content (AvgIpc) is 3.27. The highest BCUT2D eigenvalue weighted by Gasteiger charge is 2.20. The summed E-state index contributed by atoms with van der Waals surface area (Å²) in [4.78, 5) is 15.0. The number of nitrogens with zero attached hydrogens (tertiary/aromatic N) is 3. The summed E-state index contributed by atoms with van der Waals surface area (Å²) in [5.41, 5.74) is 1.85. The third-order valence-electron chi connectivity index (χ3n) is 4.67. The second-order valence-corrected chi connectivity index (χ2v) is 9.81. The fourth-order valence-corrected chi connectivity index (χ4v) is 4.96. The molecule has 0 saturated carbocycles. The Bertz CT molecular complexity index is 1100. The summed E-state index contributed by atoms with van der Waals surface area (Å²) in [5.74, 6) is 1.59. The Hall–Kier alpha value is -3.04. The minimum absolute atomic E-state index is 0.0250. The average molecular weight is 483 g/mol. The molecule has 172 valence electrons. The summed E-state index contributed by atoms with van der Waals surface area (Å²) in [5, 5.41) is 12.3. The van der Waals surface area contributed by atoms with E-state index in [0.29, 0.717) is 31.3 Å². The van der Waals surface area contributed by atoms with Crippen LogP contribution in [0.1, 0.15) is 19.4 Å². The van der Waals surface area contributed by atoms with Crippen molar-refractivity contribution in [1.29, 1.82) is 0 Å². The molecule has 2 aromatic carbocycles. The Labute approximate surface area is 201 Å². The topological polar surface area (TPSA) is 76.6 Å². The lowest BCUT2D eigenvalue weighted by Crippen LogP contribution is -2.32. The number of thioether (sulfide) groups is 1. The minimum Gasteiger partial charge on any atom is -0.486 e. The highest BCUT2D eigenvalue weighted by molar-refractivity contribution is 8.01. The number of anilines is 2. The maximum Gasteiger partial charge on any atom is 0.237 e. The molecular weight excluding hydrogens is 456 g/mol. The summed E-state index contributed by atoms with van der Waals surface area (Å²) in [6.45, 7) is 5.56. The van der Waals surface area contributed by atoms with E-state index in [0.717, 1.165) is 20.7 Å². The molecule has 4 rings (SSSR count). The highest BCUT2D eigenvalue weighted by Crippen LogP contribution is 2.34. The standard InChI is InChI=1S/C24H26N4O3S2/c1-17(2)25-23-26-27-24(33-23)32-16-22(29)28(12-6-9-18-7-4-3-5-8-18)19-10-11-20-21(15-19)31-14-13-30-20/h3-11,15,17H,12-14,16H2,1-2H3,(H,25,26)/b9-6+. The summed E-state index contributed by atoms with van der Waals surface area (Å²) in [6.07, 6.45) is 4.00. The second kappa shape index (κ2) is 11.2. The van der Waals surface area contributed by atoms with Crippen LogP contribution in [0.3, 0.4) is 0 Å². The van der Waals surface area contributed by atoms with Gasteiger partial charge in [0.2, 0.25) is 11.0 Å². The van der Waals surface area contributed by atoms with Gasteiger partial charge in [-0.25, -0.2) is 0 Å². The third-order valence-corrected chi connectivity index (χ3v) is 6.65. The number of fused-ring (bicyclic) bond motifs is 1. The maximum absolute atomic E-state index is 13.3. The van der Waals surface area contributed by atoms with E-state index in [9.17, 15) is 4.79 Å². The van der Waals surface area contributed by atoms with Crippen LogP contribution in [0.2, 0.25) is 0 Å². The monoisotopic (exact) mass is 482 g/mol. The predicted molar refractivity (Wildman–Crippen MR) is 135 cm³/mol. The van der Waals surface area contributed by atoms with Gasteiger partial charge in [-0.2, -0.15) is 0 Å². The molecule has 3 aromatic rings. The summed E-state index contributed by atoms with van der Waals surface area (Å²) in [7, 11) is 0. The summed E-state index contributed by atoms with van der Waals surface area (Å²) in [6, 6.07) is 15.9. The maximum atomic E-state index is 13.3. The van der Waals surface area contributed by atoms with Crippen LogP contribution in [0, 0.1) is 0 Å². The summed E-state index contributed by atoms with van der Waals surface area (Å²) < 4.78 is 12.1. The fraction of sp³-hybridized carbons (Fsp3) is 0.292. The van der Waals surface area contributed by atoms with E-state index in [4.69, 9.17) is 9.47 Å². The van der Waals surface area contributed by atoms with Gasteiger partial charge in [0, 0.05) is 24.3 Å². The molecule has 0 saturated heterocycles. The molecule has 7 nitrogen and oxygen atoms in total. The first-order valence-corrected chi connectivity index (χ1v) is 12.5. The van der Waals surface area contributed by atoms with Crippen LogP contribution < -0.4 is 19.7 Å². The van der Waals surface area contributed by atoms with Gasteiger partial charge in [0.25, 0.3) is 0 Å². The van der Waals surface area contributed by atoms with Crippen LogP contribution in [0.5, 0.6) is 11.5 Å². The first-order chi connectivity index (χ1) is 16.1. The van der Waals surface area contributed by atoms with E-state index in [1.807, 2.05) is 74.5 Å². The molecule has 0 spiro atoms. The molecule has 1 amide bonds. The van der Waals surface area contributed by atoms with Crippen molar-refractivity contribution in [2.45, 2.75) is 24.2 Å². The van der Waals surface area contributed by atoms with Gasteiger partial charge in [-0.3, -0.25) is 4.79 Å². The van der Waals surface area contributed by atoms with E-state index in [-0.39, 0.29) is 17.7 Å². The Morgan fingerprint density at radius 3 is 2.73 bits per heavy atom. The highest BCUT2D eigenvalue weighted by atomic mass is 32.2. The van der Waals surface area contributed by atoms with Crippen molar-refractivity contribution in [2.24, 2.45) is 0 Å². The third kappa shape index (κ3) is 6.49. The lowest BCUT2D eigenvalue weighted by atomic mass is 10.2. The Morgan fingerprint density at radius 1 is 1.15 bits per heavy atom. The first kappa shape index (κ1) is 23.1. The molecule has 1 N–H and O–H groups in total. The van der Waals surface area contributed by atoms with Crippen molar-refractivity contribution >= 4 is 45.9 Å². The molecule has 0 fully saturated rings. The number of rotatable bonds is 9. The normalized spacial score (nSPS) is 12.8. The number of benzene rings is 2. The molecule has 0 aliphatic carbocycles. The number of nitrogens with one attached hydrogen (secondary N) is 1.